The van der Waals surface area contributed by atoms with Gasteiger partial charge in [-0.05, 0) is 30.2 Å². The van der Waals surface area contributed by atoms with Crippen LogP contribution in [0.5, 0.6) is 0 Å². The summed E-state index contributed by atoms with van der Waals surface area (Å²) in [5.41, 5.74) is 0.967. The fraction of sp³-hybridized carbons (Fsp3) is 0.375. The van der Waals surface area contributed by atoms with Crippen LogP contribution in [-0.4, -0.2) is 57.5 Å². The van der Waals surface area contributed by atoms with E-state index in [-0.39, 0.29) is 23.3 Å². The summed E-state index contributed by atoms with van der Waals surface area (Å²) in [5.74, 6) is 0.383. The van der Waals surface area contributed by atoms with Crippen LogP contribution in [0.15, 0.2) is 53.7 Å². The molecule has 0 spiro atoms. The van der Waals surface area contributed by atoms with Crippen LogP contribution in [0, 0.1) is 17.6 Å². The first-order valence-corrected chi connectivity index (χ1v) is 12.0. The first-order valence-electron chi connectivity index (χ1n) is 11.0. The van der Waals surface area contributed by atoms with Crippen LogP contribution in [0.4, 0.5) is 14.5 Å². The van der Waals surface area contributed by atoms with Gasteiger partial charge >= 0.3 is 0 Å². The number of rotatable bonds is 7. The number of halogens is 2. The number of hydrogen-bond acceptors (Lipinski definition) is 5. The predicted octanol–water partition coefficient (Wildman–Crippen LogP) is 4.32. The summed E-state index contributed by atoms with van der Waals surface area (Å²) in [6, 6.07) is 13.2. The Morgan fingerprint density at radius 1 is 0.970 bits per heavy atom. The largest absolute Gasteiger partial charge is 0.366 e. The first-order chi connectivity index (χ1) is 15.9. The Labute approximate surface area is 196 Å². The SMILES string of the molecule is CC(C)Cn1c(SCC(=O)N2CCN(c3ccccc3F)CC2)nnc1-c1ccccc1F. The van der Waals surface area contributed by atoms with Gasteiger partial charge in [0.05, 0.1) is 17.0 Å². The Hall–Kier alpha value is -2.94. The molecule has 1 amide bonds. The van der Waals surface area contributed by atoms with Crippen molar-refractivity contribution in [1.82, 2.24) is 19.7 Å². The van der Waals surface area contributed by atoms with E-state index in [1.807, 2.05) is 15.5 Å². The number of carbonyl (C=O) groups excluding carboxylic acids is 1. The lowest BCUT2D eigenvalue weighted by Gasteiger charge is -2.36. The highest BCUT2D eigenvalue weighted by molar-refractivity contribution is 7.99. The topological polar surface area (TPSA) is 54.3 Å². The molecule has 0 bridgehead atoms. The van der Waals surface area contributed by atoms with Crippen molar-refractivity contribution in [2.24, 2.45) is 5.92 Å². The minimum atomic E-state index is -0.352. The number of piperazine rings is 1. The zero-order valence-electron chi connectivity index (χ0n) is 18.7. The average Bonchev–Trinajstić information content (AvgIpc) is 3.19. The normalized spacial score (nSPS) is 14.2. The maximum atomic E-state index is 14.4. The van der Waals surface area contributed by atoms with Gasteiger partial charge in [0.2, 0.25) is 5.91 Å². The number of aromatic nitrogens is 3. The summed E-state index contributed by atoms with van der Waals surface area (Å²) < 4.78 is 30.3. The third kappa shape index (κ3) is 5.35. The molecule has 1 fully saturated rings. The Morgan fingerprint density at radius 2 is 1.64 bits per heavy atom. The number of hydrogen-bond donors (Lipinski definition) is 0. The second-order valence-electron chi connectivity index (χ2n) is 8.40. The van der Waals surface area contributed by atoms with E-state index in [9.17, 15) is 13.6 Å². The molecule has 0 atom stereocenters. The molecule has 1 saturated heterocycles. The smallest absolute Gasteiger partial charge is 0.233 e. The lowest BCUT2D eigenvalue weighted by molar-refractivity contribution is -0.128. The second kappa shape index (κ2) is 10.3. The molecule has 1 aromatic heterocycles. The molecule has 0 unspecified atom stereocenters. The highest BCUT2D eigenvalue weighted by Gasteiger charge is 2.24. The van der Waals surface area contributed by atoms with Gasteiger partial charge in [-0.1, -0.05) is 49.9 Å². The molecule has 1 aliphatic heterocycles. The highest BCUT2D eigenvalue weighted by atomic mass is 32.2. The third-order valence-electron chi connectivity index (χ3n) is 5.53. The van der Waals surface area contributed by atoms with Crippen LogP contribution in [-0.2, 0) is 11.3 Å². The van der Waals surface area contributed by atoms with E-state index in [0.717, 1.165) is 0 Å². The van der Waals surface area contributed by atoms with E-state index < -0.39 is 0 Å². The Kier molecular flexibility index (Phi) is 7.27. The standard InChI is InChI=1S/C24H27F2N5OS/c1-17(2)15-31-23(18-7-3-4-8-19(18)25)27-28-24(31)33-16-22(32)30-13-11-29(12-14-30)21-10-6-5-9-20(21)26/h3-10,17H,11-16H2,1-2H3. The second-order valence-corrected chi connectivity index (χ2v) is 9.34. The maximum absolute atomic E-state index is 14.4. The maximum Gasteiger partial charge on any atom is 0.233 e. The van der Waals surface area contributed by atoms with Crippen LogP contribution in [0.1, 0.15) is 13.8 Å². The lowest BCUT2D eigenvalue weighted by Crippen LogP contribution is -2.49. The Bertz CT molecular complexity index is 1110. The summed E-state index contributed by atoms with van der Waals surface area (Å²) in [7, 11) is 0. The summed E-state index contributed by atoms with van der Waals surface area (Å²) in [4.78, 5) is 16.6. The molecule has 2 heterocycles. The van der Waals surface area contributed by atoms with Crippen molar-refractivity contribution in [3.05, 3.63) is 60.2 Å². The van der Waals surface area contributed by atoms with Crippen LogP contribution in [0.3, 0.4) is 0 Å². The number of benzene rings is 2. The number of anilines is 1. The molecule has 2 aromatic carbocycles. The number of para-hydroxylation sites is 1. The molecule has 4 rings (SSSR count). The van der Waals surface area contributed by atoms with Gasteiger partial charge in [-0.2, -0.15) is 0 Å². The number of thioether (sulfide) groups is 1. The van der Waals surface area contributed by atoms with Gasteiger partial charge in [0.15, 0.2) is 11.0 Å². The van der Waals surface area contributed by atoms with Gasteiger partial charge in [-0.3, -0.25) is 4.79 Å². The first kappa shape index (κ1) is 23.2. The van der Waals surface area contributed by atoms with Crippen LogP contribution >= 0.6 is 11.8 Å². The van der Waals surface area contributed by atoms with Crippen molar-refractivity contribution in [2.75, 3.05) is 36.8 Å². The van der Waals surface area contributed by atoms with Crippen molar-refractivity contribution in [2.45, 2.75) is 25.5 Å². The van der Waals surface area contributed by atoms with Gasteiger partial charge in [-0.25, -0.2) is 8.78 Å². The molecular weight excluding hydrogens is 444 g/mol. The van der Waals surface area contributed by atoms with Crippen molar-refractivity contribution >= 4 is 23.4 Å². The van der Waals surface area contributed by atoms with E-state index in [0.29, 0.717) is 60.9 Å². The summed E-state index contributed by atoms with van der Waals surface area (Å²) in [6.45, 7) is 6.99. The van der Waals surface area contributed by atoms with E-state index in [2.05, 4.69) is 24.0 Å². The molecule has 0 saturated carbocycles. The van der Waals surface area contributed by atoms with E-state index >= 15 is 0 Å². The molecule has 3 aromatic rings. The highest BCUT2D eigenvalue weighted by Crippen LogP contribution is 2.27. The zero-order valence-corrected chi connectivity index (χ0v) is 19.6. The molecular formula is C24H27F2N5OS. The fourth-order valence-electron chi connectivity index (χ4n) is 3.89. The van der Waals surface area contributed by atoms with Crippen molar-refractivity contribution in [3.8, 4) is 11.4 Å². The van der Waals surface area contributed by atoms with E-state index in [1.165, 1.54) is 23.9 Å². The van der Waals surface area contributed by atoms with Gasteiger partial charge in [0.1, 0.15) is 11.6 Å². The van der Waals surface area contributed by atoms with E-state index in [1.54, 1.807) is 35.2 Å². The number of carbonyl (C=O) groups is 1. The lowest BCUT2D eigenvalue weighted by atomic mass is 10.2. The van der Waals surface area contributed by atoms with Gasteiger partial charge in [-0.15, -0.1) is 10.2 Å². The van der Waals surface area contributed by atoms with Crippen molar-refractivity contribution in [3.63, 3.8) is 0 Å². The molecule has 33 heavy (non-hydrogen) atoms. The molecule has 9 heteroatoms. The minimum absolute atomic E-state index is 0.000257. The van der Waals surface area contributed by atoms with E-state index in [4.69, 9.17) is 0 Å². The fourth-order valence-corrected chi connectivity index (χ4v) is 4.74. The molecule has 0 N–H and O–H groups in total. The molecule has 0 radical (unpaired) electrons. The van der Waals surface area contributed by atoms with Gasteiger partial charge in [0, 0.05) is 32.7 Å². The van der Waals surface area contributed by atoms with Crippen LogP contribution < -0.4 is 4.90 Å². The Morgan fingerprint density at radius 3 is 2.30 bits per heavy atom. The van der Waals surface area contributed by atoms with Gasteiger partial charge in [0.25, 0.3) is 0 Å². The molecule has 174 valence electrons. The molecule has 6 nitrogen and oxygen atoms in total. The summed E-state index contributed by atoms with van der Waals surface area (Å²) >= 11 is 1.31. The summed E-state index contributed by atoms with van der Waals surface area (Å²) in [5, 5.41) is 9.08. The average molecular weight is 472 g/mol. The minimum Gasteiger partial charge on any atom is -0.366 e. The third-order valence-corrected chi connectivity index (χ3v) is 6.48. The van der Waals surface area contributed by atoms with Gasteiger partial charge < -0.3 is 14.4 Å². The zero-order chi connectivity index (χ0) is 23.4. The van der Waals surface area contributed by atoms with Crippen molar-refractivity contribution < 1.29 is 13.6 Å². The molecule has 1 aliphatic rings. The van der Waals surface area contributed by atoms with Crippen molar-refractivity contribution in [1.29, 1.82) is 0 Å². The molecule has 0 aliphatic carbocycles. The Balaban J connectivity index is 1.40. The quantitative estimate of drug-likeness (QED) is 0.481. The number of amides is 1. The monoisotopic (exact) mass is 471 g/mol. The number of nitrogens with zero attached hydrogens (tertiary/aromatic N) is 5. The predicted molar refractivity (Wildman–Crippen MR) is 126 cm³/mol. The van der Waals surface area contributed by atoms with Crippen LogP contribution in [0.25, 0.3) is 11.4 Å². The summed E-state index contributed by atoms with van der Waals surface area (Å²) in [6.07, 6.45) is 0. The van der Waals surface area contributed by atoms with Crippen LogP contribution in [0.2, 0.25) is 0 Å².